The van der Waals surface area contributed by atoms with Crippen molar-refractivity contribution in [3.8, 4) is 0 Å². The van der Waals surface area contributed by atoms with Crippen LogP contribution in [0.2, 0.25) is 0 Å². The highest BCUT2D eigenvalue weighted by atomic mass is 16.3. The van der Waals surface area contributed by atoms with Crippen LogP contribution < -0.4 is 5.73 Å². The lowest BCUT2D eigenvalue weighted by atomic mass is 10.0. The second kappa shape index (κ2) is 3.79. The lowest BCUT2D eigenvalue weighted by molar-refractivity contribution is 0.244. The average Bonchev–Trinajstić information content (AvgIpc) is 2.76. The Morgan fingerprint density at radius 3 is 2.86 bits per heavy atom. The number of aromatic nitrogens is 3. The fourth-order valence-corrected chi connectivity index (χ4v) is 1.80. The fourth-order valence-electron chi connectivity index (χ4n) is 1.80. The number of nitrogens with one attached hydrogen (secondary N) is 1. The van der Waals surface area contributed by atoms with Crippen molar-refractivity contribution in [2.75, 3.05) is 12.3 Å². The van der Waals surface area contributed by atoms with Gasteiger partial charge in [-0.2, -0.15) is 4.98 Å². The highest BCUT2D eigenvalue weighted by Crippen LogP contribution is 2.25. The van der Waals surface area contributed by atoms with Crippen molar-refractivity contribution in [3.05, 3.63) is 18.0 Å². The molecule has 0 spiro atoms. The van der Waals surface area contributed by atoms with E-state index in [9.17, 15) is 0 Å². The molecule has 4 N–H and O–H groups in total. The summed E-state index contributed by atoms with van der Waals surface area (Å²) in [4.78, 5) is 4.04. The van der Waals surface area contributed by atoms with E-state index >= 15 is 0 Å². The number of hydrogen-bond acceptors (Lipinski definition) is 4. The zero-order valence-corrected chi connectivity index (χ0v) is 7.85. The number of nitrogens with two attached hydrogens (primary N) is 1. The molecule has 0 saturated carbocycles. The number of allylic oxidation sites excluding steroid dienone is 1. The summed E-state index contributed by atoms with van der Waals surface area (Å²) in [6, 6.07) is 0. The molecule has 1 aromatic rings. The standard InChI is InChI=1S/C9H14N4O/c10-9-11-8(12-13-9)4-6-1-2-7(3-6)5-14/h1-2,6-7,14H,3-5H2,(H3,10,11,12,13). The van der Waals surface area contributed by atoms with Crippen molar-refractivity contribution in [2.45, 2.75) is 12.8 Å². The summed E-state index contributed by atoms with van der Waals surface area (Å²) < 4.78 is 0. The molecule has 5 heteroatoms. The zero-order valence-electron chi connectivity index (χ0n) is 7.85. The van der Waals surface area contributed by atoms with Gasteiger partial charge < -0.3 is 10.8 Å². The molecule has 0 bridgehead atoms. The molecule has 0 radical (unpaired) electrons. The molecule has 1 heterocycles. The highest BCUT2D eigenvalue weighted by Gasteiger charge is 2.19. The quantitative estimate of drug-likeness (QED) is 0.596. The van der Waals surface area contributed by atoms with E-state index in [1.807, 2.05) is 0 Å². The number of aliphatic hydroxyl groups excluding tert-OH is 1. The van der Waals surface area contributed by atoms with E-state index in [1.165, 1.54) is 0 Å². The average molecular weight is 194 g/mol. The third kappa shape index (κ3) is 1.93. The number of rotatable bonds is 3. The van der Waals surface area contributed by atoms with Crippen molar-refractivity contribution in [1.82, 2.24) is 15.2 Å². The Morgan fingerprint density at radius 2 is 2.29 bits per heavy atom. The first-order valence-corrected chi connectivity index (χ1v) is 4.74. The van der Waals surface area contributed by atoms with Crippen LogP contribution in [-0.4, -0.2) is 26.9 Å². The van der Waals surface area contributed by atoms with E-state index in [0.717, 1.165) is 18.7 Å². The summed E-state index contributed by atoms with van der Waals surface area (Å²) in [6.07, 6.45) is 5.98. The van der Waals surface area contributed by atoms with Gasteiger partial charge in [-0.05, 0) is 12.3 Å². The van der Waals surface area contributed by atoms with E-state index in [-0.39, 0.29) is 6.61 Å². The summed E-state index contributed by atoms with van der Waals surface area (Å²) >= 11 is 0. The van der Waals surface area contributed by atoms with E-state index < -0.39 is 0 Å². The fraction of sp³-hybridized carbons (Fsp3) is 0.556. The minimum atomic E-state index is 0.228. The van der Waals surface area contributed by atoms with Crippen LogP contribution in [0.4, 0.5) is 5.95 Å². The molecule has 1 aliphatic carbocycles. The third-order valence-corrected chi connectivity index (χ3v) is 2.50. The summed E-state index contributed by atoms with van der Waals surface area (Å²) in [5, 5.41) is 15.5. The molecule has 0 fully saturated rings. The summed E-state index contributed by atoms with van der Waals surface area (Å²) in [7, 11) is 0. The van der Waals surface area contributed by atoms with Gasteiger partial charge in [-0.3, -0.25) is 5.10 Å². The van der Waals surface area contributed by atoms with Crippen LogP contribution in [0.5, 0.6) is 0 Å². The van der Waals surface area contributed by atoms with Crippen molar-refractivity contribution in [2.24, 2.45) is 11.8 Å². The van der Waals surface area contributed by atoms with Crippen LogP contribution in [0, 0.1) is 11.8 Å². The Hall–Kier alpha value is -1.36. The topological polar surface area (TPSA) is 87.8 Å². The van der Waals surface area contributed by atoms with E-state index in [2.05, 4.69) is 27.3 Å². The molecular weight excluding hydrogens is 180 g/mol. The summed E-state index contributed by atoms with van der Waals surface area (Å²) in [6.45, 7) is 0.228. The second-order valence-electron chi connectivity index (χ2n) is 3.67. The normalized spacial score (nSPS) is 25.8. The van der Waals surface area contributed by atoms with Crippen LogP contribution in [-0.2, 0) is 6.42 Å². The molecule has 1 aliphatic rings. The van der Waals surface area contributed by atoms with E-state index in [1.54, 1.807) is 0 Å². The molecule has 0 aliphatic heterocycles. The number of anilines is 1. The summed E-state index contributed by atoms with van der Waals surface area (Å²) in [5.41, 5.74) is 5.39. The van der Waals surface area contributed by atoms with E-state index in [0.29, 0.717) is 17.8 Å². The van der Waals surface area contributed by atoms with Gasteiger partial charge in [-0.15, -0.1) is 5.10 Å². The maximum atomic E-state index is 8.95. The van der Waals surface area contributed by atoms with Crippen LogP contribution in [0.3, 0.4) is 0 Å². The molecule has 2 atom stereocenters. The van der Waals surface area contributed by atoms with Crippen LogP contribution in [0.15, 0.2) is 12.2 Å². The minimum absolute atomic E-state index is 0.228. The van der Waals surface area contributed by atoms with Crippen molar-refractivity contribution in [1.29, 1.82) is 0 Å². The second-order valence-corrected chi connectivity index (χ2v) is 3.67. The van der Waals surface area contributed by atoms with Crippen LogP contribution in [0.1, 0.15) is 12.2 Å². The lowest BCUT2D eigenvalue weighted by Crippen LogP contribution is -2.05. The molecule has 2 rings (SSSR count). The van der Waals surface area contributed by atoms with Gasteiger partial charge in [0.1, 0.15) is 5.82 Å². The zero-order chi connectivity index (χ0) is 9.97. The van der Waals surface area contributed by atoms with Gasteiger partial charge >= 0.3 is 0 Å². The van der Waals surface area contributed by atoms with Gasteiger partial charge in [-0.1, -0.05) is 12.2 Å². The Kier molecular flexibility index (Phi) is 2.49. The number of aliphatic hydroxyl groups is 1. The molecular formula is C9H14N4O. The predicted octanol–water partition coefficient (Wildman–Crippen LogP) is 0.114. The minimum Gasteiger partial charge on any atom is -0.396 e. The number of hydrogen-bond donors (Lipinski definition) is 3. The monoisotopic (exact) mass is 194 g/mol. The number of nitrogen functional groups attached to an aromatic ring is 1. The Bertz CT molecular complexity index is 333. The number of aromatic amines is 1. The number of nitrogens with zero attached hydrogens (tertiary/aromatic N) is 2. The Balaban J connectivity index is 1.91. The SMILES string of the molecule is Nc1n[nH]c(CC2C=CC(CO)C2)n1. The molecule has 0 amide bonds. The predicted molar refractivity (Wildman–Crippen MR) is 52.3 cm³/mol. The highest BCUT2D eigenvalue weighted by molar-refractivity contribution is 5.14. The third-order valence-electron chi connectivity index (χ3n) is 2.50. The maximum Gasteiger partial charge on any atom is 0.239 e. The van der Waals surface area contributed by atoms with E-state index in [4.69, 9.17) is 10.8 Å². The largest absolute Gasteiger partial charge is 0.396 e. The molecule has 1 aromatic heterocycles. The van der Waals surface area contributed by atoms with Crippen molar-refractivity contribution < 1.29 is 5.11 Å². The number of H-pyrrole nitrogens is 1. The van der Waals surface area contributed by atoms with Crippen molar-refractivity contribution in [3.63, 3.8) is 0 Å². The molecule has 2 unspecified atom stereocenters. The van der Waals surface area contributed by atoms with Crippen LogP contribution in [0.25, 0.3) is 0 Å². The van der Waals surface area contributed by atoms with Gasteiger partial charge in [0.2, 0.25) is 5.95 Å². The van der Waals surface area contributed by atoms with Gasteiger partial charge in [0, 0.05) is 18.9 Å². The molecule has 0 saturated heterocycles. The van der Waals surface area contributed by atoms with Gasteiger partial charge in [0.05, 0.1) is 0 Å². The summed E-state index contributed by atoms with van der Waals surface area (Å²) in [5.74, 6) is 1.86. The van der Waals surface area contributed by atoms with Gasteiger partial charge in [0.15, 0.2) is 0 Å². The lowest BCUT2D eigenvalue weighted by Gasteiger charge is -2.07. The molecule has 76 valence electrons. The first-order valence-electron chi connectivity index (χ1n) is 4.74. The first-order chi connectivity index (χ1) is 6.78. The maximum absolute atomic E-state index is 8.95. The first kappa shape index (κ1) is 9.21. The molecule has 0 aromatic carbocycles. The van der Waals surface area contributed by atoms with Crippen molar-refractivity contribution >= 4 is 5.95 Å². The molecule has 14 heavy (non-hydrogen) atoms. The Morgan fingerprint density at radius 1 is 1.50 bits per heavy atom. The van der Waals surface area contributed by atoms with Crippen LogP contribution >= 0.6 is 0 Å². The van der Waals surface area contributed by atoms with Gasteiger partial charge in [-0.25, -0.2) is 0 Å². The Labute approximate surface area is 82.0 Å². The van der Waals surface area contributed by atoms with Gasteiger partial charge in [0.25, 0.3) is 0 Å². The smallest absolute Gasteiger partial charge is 0.239 e. The molecule has 5 nitrogen and oxygen atoms in total.